The van der Waals surface area contributed by atoms with Crippen LogP contribution in [0.25, 0.3) is 0 Å². The summed E-state index contributed by atoms with van der Waals surface area (Å²) in [5.41, 5.74) is -0.0999. The van der Waals surface area contributed by atoms with Gasteiger partial charge >= 0.3 is 0 Å². The highest BCUT2D eigenvalue weighted by Gasteiger charge is 2.33. The van der Waals surface area contributed by atoms with Gasteiger partial charge in [0.2, 0.25) is 0 Å². The fraction of sp³-hybridized carbons (Fsp3) is 0.933. The molecular formula is C15H29N3O2. The Balaban J connectivity index is 1.87. The summed E-state index contributed by atoms with van der Waals surface area (Å²) in [5, 5.41) is 3.51. The summed E-state index contributed by atoms with van der Waals surface area (Å²) < 4.78 is 11.2. The van der Waals surface area contributed by atoms with Crippen LogP contribution < -0.4 is 5.32 Å². The van der Waals surface area contributed by atoms with Crippen LogP contribution in [0.1, 0.15) is 32.6 Å². The molecule has 0 aromatic rings. The molecule has 2 heterocycles. The van der Waals surface area contributed by atoms with Gasteiger partial charge in [-0.2, -0.15) is 0 Å². The van der Waals surface area contributed by atoms with Crippen molar-refractivity contribution in [2.24, 2.45) is 10.9 Å². The molecule has 1 N–H and O–H groups in total. The van der Waals surface area contributed by atoms with Crippen molar-refractivity contribution in [1.82, 2.24) is 10.2 Å². The second-order valence-electron chi connectivity index (χ2n) is 6.07. The fourth-order valence-electron chi connectivity index (χ4n) is 2.99. The minimum Gasteiger partial charge on any atom is -0.381 e. The van der Waals surface area contributed by atoms with E-state index in [9.17, 15) is 0 Å². The lowest BCUT2D eigenvalue weighted by molar-refractivity contribution is -0.0858. The van der Waals surface area contributed by atoms with Crippen LogP contribution in [0.4, 0.5) is 0 Å². The van der Waals surface area contributed by atoms with Crippen molar-refractivity contribution >= 4 is 5.96 Å². The highest BCUT2D eigenvalue weighted by molar-refractivity contribution is 5.80. The summed E-state index contributed by atoms with van der Waals surface area (Å²) in [6.07, 6.45) is 4.41. The van der Waals surface area contributed by atoms with E-state index in [-0.39, 0.29) is 5.60 Å². The topological polar surface area (TPSA) is 46.1 Å². The number of ether oxygens (including phenoxy) is 2. The highest BCUT2D eigenvalue weighted by Crippen LogP contribution is 2.24. The van der Waals surface area contributed by atoms with Gasteiger partial charge in [-0.05, 0) is 18.8 Å². The predicted octanol–water partition coefficient (Wildman–Crippen LogP) is 1.49. The fourth-order valence-corrected chi connectivity index (χ4v) is 2.99. The van der Waals surface area contributed by atoms with Crippen molar-refractivity contribution in [3.8, 4) is 0 Å². The standard InChI is InChI=1S/C15H29N3O2/c1-13-4-8-18(9-5-13)14(16-2)17-12-15(19-3)6-10-20-11-7-15/h13H,4-12H2,1-3H3,(H,16,17). The molecule has 0 spiro atoms. The minimum atomic E-state index is -0.0999. The van der Waals surface area contributed by atoms with Crippen molar-refractivity contribution in [2.45, 2.75) is 38.2 Å². The Labute approximate surface area is 122 Å². The molecule has 2 aliphatic rings. The Morgan fingerprint density at radius 2 is 2.00 bits per heavy atom. The molecule has 2 fully saturated rings. The minimum absolute atomic E-state index is 0.0999. The van der Waals surface area contributed by atoms with E-state index in [1.54, 1.807) is 7.11 Å². The molecule has 5 heteroatoms. The van der Waals surface area contributed by atoms with Crippen LogP contribution in [-0.4, -0.2) is 63.5 Å². The van der Waals surface area contributed by atoms with Crippen LogP contribution in [-0.2, 0) is 9.47 Å². The molecule has 0 amide bonds. The molecule has 0 atom stereocenters. The Hall–Kier alpha value is -0.810. The van der Waals surface area contributed by atoms with Gasteiger partial charge in [0.25, 0.3) is 0 Å². The van der Waals surface area contributed by atoms with Crippen molar-refractivity contribution in [1.29, 1.82) is 0 Å². The van der Waals surface area contributed by atoms with Crippen molar-refractivity contribution in [3.63, 3.8) is 0 Å². The SMILES string of the molecule is CN=C(NCC1(OC)CCOCC1)N1CCC(C)CC1. The maximum Gasteiger partial charge on any atom is 0.193 e. The molecule has 116 valence electrons. The van der Waals surface area contributed by atoms with Crippen LogP contribution in [0.3, 0.4) is 0 Å². The van der Waals surface area contributed by atoms with E-state index < -0.39 is 0 Å². The van der Waals surface area contributed by atoms with Crippen LogP contribution >= 0.6 is 0 Å². The summed E-state index contributed by atoms with van der Waals surface area (Å²) in [5.74, 6) is 1.85. The van der Waals surface area contributed by atoms with Gasteiger partial charge in [-0.25, -0.2) is 0 Å². The molecule has 5 nitrogen and oxygen atoms in total. The summed E-state index contributed by atoms with van der Waals surface area (Å²) in [7, 11) is 3.67. The first-order valence-corrected chi connectivity index (χ1v) is 7.77. The van der Waals surface area contributed by atoms with Gasteiger partial charge in [0.1, 0.15) is 0 Å². The molecular weight excluding hydrogens is 254 g/mol. The number of guanidine groups is 1. The zero-order valence-electron chi connectivity index (χ0n) is 13.2. The molecule has 0 saturated carbocycles. The third-order valence-corrected chi connectivity index (χ3v) is 4.70. The van der Waals surface area contributed by atoms with Crippen molar-refractivity contribution < 1.29 is 9.47 Å². The summed E-state index contributed by atoms with van der Waals surface area (Å²) in [6.45, 7) is 6.92. The molecule has 0 aromatic heterocycles. The monoisotopic (exact) mass is 283 g/mol. The number of hydrogen-bond acceptors (Lipinski definition) is 3. The number of rotatable bonds is 3. The molecule has 2 saturated heterocycles. The molecule has 0 radical (unpaired) electrons. The van der Waals surface area contributed by atoms with E-state index in [1.807, 2.05) is 7.05 Å². The quantitative estimate of drug-likeness (QED) is 0.630. The number of piperidine rings is 1. The molecule has 2 aliphatic heterocycles. The van der Waals surface area contributed by atoms with E-state index in [0.29, 0.717) is 0 Å². The number of likely N-dealkylation sites (tertiary alicyclic amines) is 1. The van der Waals surface area contributed by atoms with E-state index >= 15 is 0 Å². The van der Waals surface area contributed by atoms with Gasteiger partial charge in [0, 0.05) is 59.8 Å². The van der Waals surface area contributed by atoms with E-state index in [0.717, 1.165) is 57.6 Å². The molecule has 0 aromatic carbocycles. The summed E-state index contributed by atoms with van der Waals surface area (Å²) in [6, 6.07) is 0. The molecule has 0 bridgehead atoms. The van der Waals surface area contributed by atoms with Gasteiger partial charge in [-0.1, -0.05) is 6.92 Å². The van der Waals surface area contributed by atoms with Gasteiger partial charge < -0.3 is 19.7 Å². The lowest BCUT2D eigenvalue weighted by atomic mass is 9.94. The molecule has 0 aliphatic carbocycles. The van der Waals surface area contributed by atoms with E-state index in [2.05, 4.69) is 22.1 Å². The number of nitrogens with one attached hydrogen (secondary N) is 1. The van der Waals surface area contributed by atoms with E-state index in [4.69, 9.17) is 9.47 Å². The number of nitrogens with zero attached hydrogens (tertiary/aromatic N) is 2. The normalized spacial score (nSPS) is 24.8. The summed E-state index contributed by atoms with van der Waals surface area (Å²) in [4.78, 5) is 6.79. The van der Waals surface area contributed by atoms with Gasteiger partial charge in [-0.3, -0.25) is 4.99 Å². The molecule has 20 heavy (non-hydrogen) atoms. The van der Waals surface area contributed by atoms with Gasteiger partial charge in [0.05, 0.1) is 5.60 Å². The molecule has 2 rings (SSSR count). The third-order valence-electron chi connectivity index (χ3n) is 4.70. The first-order valence-electron chi connectivity index (χ1n) is 7.77. The predicted molar refractivity (Wildman–Crippen MR) is 81.1 cm³/mol. The maximum absolute atomic E-state index is 5.76. The first kappa shape index (κ1) is 15.6. The zero-order chi connectivity index (χ0) is 14.4. The van der Waals surface area contributed by atoms with Crippen molar-refractivity contribution in [3.05, 3.63) is 0 Å². The zero-order valence-corrected chi connectivity index (χ0v) is 13.2. The maximum atomic E-state index is 5.76. The summed E-state index contributed by atoms with van der Waals surface area (Å²) >= 11 is 0. The Morgan fingerprint density at radius 3 is 2.55 bits per heavy atom. The smallest absolute Gasteiger partial charge is 0.193 e. The second kappa shape index (κ2) is 7.27. The Kier molecular flexibility index (Phi) is 5.66. The molecule has 0 unspecified atom stereocenters. The number of methoxy groups -OCH3 is 1. The highest BCUT2D eigenvalue weighted by atomic mass is 16.5. The second-order valence-corrected chi connectivity index (χ2v) is 6.07. The van der Waals surface area contributed by atoms with Crippen LogP contribution in [0.5, 0.6) is 0 Å². The lowest BCUT2D eigenvalue weighted by Crippen LogP contribution is -2.52. The lowest BCUT2D eigenvalue weighted by Gasteiger charge is -2.38. The van der Waals surface area contributed by atoms with Crippen molar-refractivity contribution in [2.75, 3.05) is 47.0 Å². The van der Waals surface area contributed by atoms with Gasteiger partial charge in [-0.15, -0.1) is 0 Å². The average molecular weight is 283 g/mol. The number of hydrogen-bond donors (Lipinski definition) is 1. The third kappa shape index (κ3) is 3.85. The first-order chi connectivity index (χ1) is 9.69. The van der Waals surface area contributed by atoms with Crippen LogP contribution in [0, 0.1) is 5.92 Å². The van der Waals surface area contributed by atoms with Crippen LogP contribution in [0.15, 0.2) is 4.99 Å². The Bertz CT molecular complexity index is 319. The average Bonchev–Trinajstić information content (AvgIpc) is 2.50. The van der Waals surface area contributed by atoms with Crippen LogP contribution in [0.2, 0.25) is 0 Å². The van der Waals surface area contributed by atoms with Gasteiger partial charge in [0.15, 0.2) is 5.96 Å². The largest absolute Gasteiger partial charge is 0.381 e. The van der Waals surface area contributed by atoms with E-state index in [1.165, 1.54) is 12.8 Å². The number of aliphatic imine (C=N–C) groups is 1. The Morgan fingerprint density at radius 1 is 1.35 bits per heavy atom.